The van der Waals surface area contributed by atoms with Crippen molar-refractivity contribution < 1.29 is 4.79 Å². The molecule has 3 aromatic heterocycles. The van der Waals surface area contributed by atoms with E-state index in [0.29, 0.717) is 22.5 Å². The van der Waals surface area contributed by atoms with Gasteiger partial charge >= 0.3 is 6.03 Å². The topological polar surface area (TPSA) is 113 Å². The highest BCUT2D eigenvalue weighted by Crippen LogP contribution is 2.31. The molecule has 32 heavy (non-hydrogen) atoms. The predicted molar refractivity (Wildman–Crippen MR) is 127 cm³/mol. The summed E-state index contributed by atoms with van der Waals surface area (Å²) >= 11 is 1.47. The molecule has 1 aromatic carbocycles. The Hall–Kier alpha value is -3.79. The molecule has 0 unspecified atom stereocenters. The fourth-order valence-corrected chi connectivity index (χ4v) is 3.96. The van der Waals surface area contributed by atoms with Gasteiger partial charge in [0.25, 0.3) is 0 Å². The molecule has 0 saturated heterocycles. The van der Waals surface area contributed by atoms with Crippen LogP contribution in [0.3, 0.4) is 0 Å². The number of nitrogens with zero attached hydrogens (tertiary/aromatic N) is 4. The standard InChI is InChI=1S/C22H24N8OS/c1-13-10-16(24-21(31)27-20-6-5-9-30(20)4)7-8-17(13)32-22-23-14(2)11-18(26-22)25-19-12-15(3)28-29-19/h5-12H,1-4H3,(H2,24,27,31)(H2,23,25,26,28,29). The first-order valence-corrected chi connectivity index (χ1v) is 10.8. The maximum absolute atomic E-state index is 12.3. The zero-order valence-electron chi connectivity index (χ0n) is 18.2. The van der Waals surface area contributed by atoms with Gasteiger partial charge in [-0.1, -0.05) is 0 Å². The SMILES string of the molecule is Cc1cc(Nc2cc(C)[nH]n2)nc(Sc2ccc(NC(=O)Nc3cccn3C)cc2C)n1. The highest BCUT2D eigenvalue weighted by atomic mass is 32.2. The van der Waals surface area contributed by atoms with E-state index < -0.39 is 0 Å². The summed E-state index contributed by atoms with van der Waals surface area (Å²) in [5.74, 6) is 2.11. The number of amides is 2. The molecule has 10 heteroatoms. The van der Waals surface area contributed by atoms with Crippen LogP contribution in [0, 0.1) is 20.8 Å². The average molecular weight is 449 g/mol. The maximum Gasteiger partial charge on any atom is 0.324 e. The summed E-state index contributed by atoms with van der Waals surface area (Å²) in [5.41, 5.74) is 3.54. The Balaban J connectivity index is 1.44. The zero-order chi connectivity index (χ0) is 22.7. The summed E-state index contributed by atoms with van der Waals surface area (Å²) < 4.78 is 1.84. The van der Waals surface area contributed by atoms with Crippen LogP contribution in [-0.4, -0.2) is 30.8 Å². The van der Waals surface area contributed by atoms with Crippen molar-refractivity contribution in [3.63, 3.8) is 0 Å². The lowest BCUT2D eigenvalue weighted by atomic mass is 10.2. The van der Waals surface area contributed by atoms with E-state index in [4.69, 9.17) is 0 Å². The van der Waals surface area contributed by atoms with Crippen LogP contribution in [0.1, 0.15) is 17.0 Å². The van der Waals surface area contributed by atoms with E-state index in [1.165, 1.54) is 11.8 Å². The Kier molecular flexibility index (Phi) is 6.13. The monoisotopic (exact) mass is 448 g/mol. The van der Waals surface area contributed by atoms with Gasteiger partial charge in [0.15, 0.2) is 11.0 Å². The summed E-state index contributed by atoms with van der Waals surface area (Å²) in [7, 11) is 1.87. The van der Waals surface area contributed by atoms with E-state index in [9.17, 15) is 4.79 Å². The summed E-state index contributed by atoms with van der Waals surface area (Å²) in [4.78, 5) is 22.4. The van der Waals surface area contributed by atoms with Gasteiger partial charge < -0.3 is 15.2 Å². The summed E-state index contributed by atoms with van der Waals surface area (Å²) in [6.45, 7) is 5.86. The van der Waals surface area contributed by atoms with E-state index in [2.05, 4.69) is 36.1 Å². The highest BCUT2D eigenvalue weighted by Gasteiger charge is 2.10. The van der Waals surface area contributed by atoms with Crippen molar-refractivity contribution in [2.24, 2.45) is 7.05 Å². The van der Waals surface area contributed by atoms with Gasteiger partial charge in [-0.15, -0.1) is 0 Å². The second-order valence-corrected chi connectivity index (χ2v) is 8.41. The molecule has 2 amide bonds. The molecule has 4 rings (SSSR count). The second kappa shape index (κ2) is 9.15. The molecule has 0 radical (unpaired) electrons. The van der Waals surface area contributed by atoms with Gasteiger partial charge in [-0.05, 0) is 68.4 Å². The molecule has 0 bridgehead atoms. The van der Waals surface area contributed by atoms with Crippen molar-refractivity contribution in [2.75, 3.05) is 16.0 Å². The van der Waals surface area contributed by atoms with Crippen molar-refractivity contribution in [3.05, 3.63) is 65.6 Å². The Morgan fingerprint density at radius 2 is 1.88 bits per heavy atom. The van der Waals surface area contributed by atoms with Crippen molar-refractivity contribution >= 4 is 40.9 Å². The zero-order valence-corrected chi connectivity index (χ0v) is 19.0. The van der Waals surface area contributed by atoms with Gasteiger partial charge in [0.05, 0.1) is 0 Å². The first-order valence-electron chi connectivity index (χ1n) is 9.98. The minimum Gasteiger partial charge on any atom is -0.338 e. The molecule has 3 heterocycles. The van der Waals surface area contributed by atoms with Crippen LogP contribution in [0.15, 0.2) is 58.7 Å². The molecule has 4 N–H and O–H groups in total. The molecule has 0 aliphatic rings. The predicted octanol–water partition coefficient (Wildman–Crippen LogP) is 5.00. The third-order valence-electron chi connectivity index (χ3n) is 4.62. The number of H-pyrrole nitrogens is 1. The number of carbonyl (C=O) groups is 1. The Morgan fingerprint density at radius 3 is 2.56 bits per heavy atom. The Labute approximate surface area is 190 Å². The normalized spacial score (nSPS) is 10.8. The summed E-state index contributed by atoms with van der Waals surface area (Å²) in [6.07, 6.45) is 1.87. The third kappa shape index (κ3) is 5.27. The fraction of sp³-hybridized carbons (Fsp3) is 0.182. The van der Waals surface area contributed by atoms with Crippen LogP contribution in [0.4, 0.5) is 27.9 Å². The van der Waals surface area contributed by atoms with E-state index in [1.54, 1.807) is 0 Å². The number of aromatic amines is 1. The van der Waals surface area contributed by atoms with Crippen LogP contribution < -0.4 is 16.0 Å². The molecular weight excluding hydrogens is 424 g/mol. The van der Waals surface area contributed by atoms with Gasteiger partial charge in [0.2, 0.25) is 0 Å². The molecular formula is C22H24N8OS. The van der Waals surface area contributed by atoms with Gasteiger partial charge in [-0.3, -0.25) is 10.4 Å². The molecule has 0 aliphatic carbocycles. The minimum atomic E-state index is -0.294. The van der Waals surface area contributed by atoms with Crippen molar-refractivity contribution in [1.29, 1.82) is 0 Å². The average Bonchev–Trinajstić information content (AvgIpc) is 3.31. The lowest BCUT2D eigenvalue weighted by Crippen LogP contribution is -2.20. The number of nitrogens with one attached hydrogen (secondary N) is 4. The van der Waals surface area contributed by atoms with Gasteiger partial charge in [0, 0.05) is 47.3 Å². The molecule has 0 spiro atoms. The summed E-state index contributed by atoms with van der Waals surface area (Å²) in [6, 6.07) is 12.9. The van der Waals surface area contributed by atoms with Crippen LogP contribution in [0.2, 0.25) is 0 Å². The van der Waals surface area contributed by atoms with Gasteiger partial charge in [-0.25, -0.2) is 14.8 Å². The molecule has 164 valence electrons. The lowest BCUT2D eigenvalue weighted by Gasteiger charge is -2.11. The van der Waals surface area contributed by atoms with Crippen LogP contribution in [0.25, 0.3) is 0 Å². The van der Waals surface area contributed by atoms with E-state index >= 15 is 0 Å². The molecule has 9 nitrogen and oxygen atoms in total. The van der Waals surface area contributed by atoms with E-state index in [0.717, 1.165) is 27.7 Å². The number of rotatable bonds is 6. The number of benzene rings is 1. The van der Waals surface area contributed by atoms with E-state index in [-0.39, 0.29) is 6.03 Å². The Bertz CT molecular complexity index is 1260. The van der Waals surface area contributed by atoms with Crippen LogP contribution in [-0.2, 0) is 7.05 Å². The lowest BCUT2D eigenvalue weighted by molar-refractivity contribution is 0.262. The first kappa shape index (κ1) is 21.4. The smallest absolute Gasteiger partial charge is 0.324 e. The van der Waals surface area contributed by atoms with E-state index in [1.807, 2.05) is 81.0 Å². The largest absolute Gasteiger partial charge is 0.338 e. The van der Waals surface area contributed by atoms with Gasteiger partial charge in [-0.2, -0.15) is 5.10 Å². The number of urea groups is 1. The molecule has 0 aliphatic heterocycles. The van der Waals surface area contributed by atoms with Crippen molar-refractivity contribution in [3.8, 4) is 0 Å². The fourth-order valence-electron chi connectivity index (χ4n) is 3.07. The minimum absolute atomic E-state index is 0.294. The van der Waals surface area contributed by atoms with Gasteiger partial charge in [0.1, 0.15) is 11.6 Å². The number of aryl methyl sites for hydroxylation is 4. The Morgan fingerprint density at radius 1 is 1.03 bits per heavy atom. The third-order valence-corrected chi connectivity index (χ3v) is 5.66. The summed E-state index contributed by atoms with van der Waals surface area (Å²) in [5, 5.41) is 16.6. The number of hydrogen-bond donors (Lipinski definition) is 4. The number of anilines is 4. The van der Waals surface area contributed by atoms with Crippen molar-refractivity contribution in [1.82, 2.24) is 24.7 Å². The highest BCUT2D eigenvalue weighted by molar-refractivity contribution is 7.99. The molecule has 0 atom stereocenters. The number of aromatic nitrogens is 5. The number of hydrogen-bond acceptors (Lipinski definition) is 6. The molecule has 0 saturated carbocycles. The first-order chi connectivity index (χ1) is 15.4. The van der Waals surface area contributed by atoms with Crippen LogP contribution >= 0.6 is 11.8 Å². The maximum atomic E-state index is 12.3. The van der Waals surface area contributed by atoms with Crippen LogP contribution in [0.5, 0.6) is 0 Å². The molecule has 0 fully saturated rings. The quantitative estimate of drug-likeness (QED) is 0.309. The molecule has 4 aromatic rings. The second-order valence-electron chi connectivity index (χ2n) is 7.40. The van der Waals surface area contributed by atoms with Crippen molar-refractivity contribution in [2.45, 2.75) is 30.8 Å². The number of carbonyl (C=O) groups excluding carboxylic acids is 1.